The van der Waals surface area contributed by atoms with E-state index in [1.165, 1.54) is 11.1 Å². The fraction of sp³-hybridized carbons (Fsp3) is 0.567. The SMILES string of the molecule is CC(C)(Oc1ccc(Cl)cc1Cl)C(=O)NC1C[C@H]2CC[C@@H](C1)N2c1ccc(C(=O)NCC(N2CCOCC2)C(F)(F)F)cn1. The van der Waals surface area contributed by atoms with Crippen molar-refractivity contribution in [1.82, 2.24) is 20.5 Å². The number of hydrogen-bond acceptors (Lipinski definition) is 7. The van der Waals surface area contributed by atoms with E-state index >= 15 is 0 Å². The molecule has 3 aliphatic heterocycles. The van der Waals surface area contributed by atoms with Gasteiger partial charge in [0.15, 0.2) is 5.60 Å². The van der Waals surface area contributed by atoms with Crippen LogP contribution in [0.5, 0.6) is 5.75 Å². The lowest BCUT2D eigenvalue weighted by Crippen LogP contribution is -2.55. The topological polar surface area (TPSA) is 96.0 Å². The van der Waals surface area contributed by atoms with Crippen molar-refractivity contribution in [3.05, 3.63) is 52.1 Å². The number of ether oxygens (including phenoxy) is 2. The molecule has 2 aromatic rings. The first-order valence-electron chi connectivity index (χ1n) is 14.7. The summed E-state index contributed by atoms with van der Waals surface area (Å²) in [6.07, 6.45) is 0.208. The lowest BCUT2D eigenvalue weighted by molar-refractivity contribution is -0.189. The Hall–Kier alpha value is -2.80. The van der Waals surface area contributed by atoms with Crippen LogP contribution in [0.15, 0.2) is 36.5 Å². The van der Waals surface area contributed by atoms with Crippen LogP contribution in [0.2, 0.25) is 10.0 Å². The number of piperidine rings is 1. The Bertz CT molecular complexity index is 1330. The molecule has 0 spiro atoms. The van der Waals surface area contributed by atoms with Crippen molar-refractivity contribution < 1.29 is 32.2 Å². The largest absolute Gasteiger partial charge is 0.476 e. The van der Waals surface area contributed by atoms with Gasteiger partial charge in [-0.3, -0.25) is 14.5 Å². The number of pyridine rings is 1. The number of carbonyl (C=O) groups is 2. The minimum atomic E-state index is -4.48. The van der Waals surface area contributed by atoms with Crippen molar-refractivity contribution in [2.45, 2.75) is 75.5 Å². The van der Waals surface area contributed by atoms with Crippen LogP contribution in [0.4, 0.5) is 19.0 Å². The van der Waals surface area contributed by atoms with E-state index in [9.17, 15) is 22.8 Å². The van der Waals surface area contributed by atoms with Gasteiger partial charge >= 0.3 is 6.18 Å². The number of halogens is 5. The fourth-order valence-corrected chi connectivity index (χ4v) is 6.66. The molecular formula is C30H36Cl2F3N5O4. The van der Waals surface area contributed by atoms with Gasteiger partial charge in [0.2, 0.25) is 0 Å². The quantitative estimate of drug-likeness (QED) is 0.398. The van der Waals surface area contributed by atoms with Crippen LogP contribution in [0.1, 0.15) is 49.9 Å². The van der Waals surface area contributed by atoms with E-state index in [4.69, 9.17) is 32.7 Å². The molecule has 240 valence electrons. The highest BCUT2D eigenvalue weighted by molar-refractivity contribution is 6.35. The van der Waals surface area contributed by atoms with Crippen LogP contribution in [0.3, 0.4) is 0 Å². The van der Waals surface area contributed by atoms with Gasteiger partial charge in [0, 0.05) is 49.0 Å². The van der Waals surface area contributed by atoms with E-state index < -0.39 is 30.3 Å². The predicted molar refractivity (Wildman–Crippen MR) is 160 cm³/mol. The van der Waals surface area contributed by atoms with Crippen molar-refractivity contribution in [2.75, 3.05) is 37.7 Å². The maximum atomic E-state index is 13.7. The summed E-state index contributed by atoms with van der Waals surface area (Å²) in [5.41, 5.74) is -0.984. The first-order valence-corrected chi connectivity index (χ1v) is 15.4. The molecular weight excluding hydrogens is 622 g/mol. The number of alkyl halides is 3. The molecule has 44 heavy (non-hydrogen) atoms. The Kier molecular flexibility index (Phi) is 9.84. The molecule has 4 atom stereocenters. The van der Waals surface area contributed by atoms with Gasteiger partial charge in [-0.1, -0.05) is 23.2 Å². The number of benzene rings is 1. The van der Waals surface area contributed by atoms with E-state index in [-0.39, 0.29) is 55.9 Å². The van der Waals surface area contributed by atoms with Crippen LogP contribution in [0.25, 0.3) is 0 Å². The van der Waals surface area contributed by atoms with Crippen LogP contribution in [0, 0.1) is 0 Å². The summed E-state index contributed by atoms with van der Waals surface area (Å²) in [5, 5.41) is 6.36. The molecule has 9 nitrogen and oxygen atoms in total. The van der Waals surface area contributed by atoms with E-state index in [0.717, 1.165) is 12.8 Å². The summed E-state index contributed by atoms with van der Waals surface area (Å²) in [7, 11) is 0. The summed E-state index contributed by atoms with van der Waals surface area (Å²) in [5.74, 6) is 0.199. The van der Waals surface area contributed by atoms with Gasteiger partial charge < -0.3 is 25.0 Å². The lowest BCUT2D eigenvalue weighted by Gasteiger charge is -2.40. The average Bonchev–Trinajstić information content (AvgIpc) is 3.24. The number of nitrogens with one attached hydrogen (secondary N) is 2. The van der Waals surface area contributed by atoms with Crippen molar-refractivity contribution in [3.63, 3.8) is 0 Å². The monoisotopic (exact) mass is 657 g/mol. The summed E-state index contributed by atoms with van der Waals surface area (Å²) in [4.78, 5) is 33.9. The molecule has 1 aromatic heterocycles. The maximum Gasteiger partial charge on any atom is 0.405 e. The summed E-state index contributed by atoms with van der Waals surface area (Å²) in [6, 6.07) is 6.59. The highest BCUT2D eigenvalue weighted by Gasteiger charge is 2.45. The third-order valence-electron chi connectivity index (χ3n) is 8.47. The molecule has 2 bridgehead atoms. The summed E-state index contributed by atoms with van der Waals surface area (Å²) < 4.78 is 52.1. The van der Waals surface area contributed by atoms with Gasteiger partial charge in [-0.25, -0.2) is 4.98 Å². The number of amides is 2. The Morgan fingerprint density at radius 1 is 1.09 bits per heavy atom. The lowest BCUT2D eigenvalue weighted by atomic mass is 9.96. The first kappa shape index (κ1) is 32.6. The average molecular weight is 659 g/mol. The maximum absolute atomic E-state index is 13.7. The van der Waals surface area contributed by atoms with E-state index in [1.807, 2.05) is 0 Å². The molecule has 2 amide bonds. The second kappa shape index (κ2) is 13.3. The van der Waals surface area contributed by atoms with Gasteiger partial charge in [0.05, 0.1) is 23.8 Å². The van der Waals surface area contributed by atoms with Gasteiger partial charge in [-0.15, -0.1) is 0 Å². The number of fused-ring (bicyclic) bond motifs is 2. The standard InChI is InChI=1S/C30H36Cl2F3N5O4/c1-29(2,44-24-7-4-19(31)13-23(24)32)28(42)38-20-14-21-5-6-22(15-20)40(21)26-8-3-18(16-36-26)27(41)37-17-25(30(33,34)35)39-9-11-43-12-10-39/h3-4,7-8,13,16,20-22,25H,5-6,9-12,14-15,17H2,1-2H3,(H,37,41)(H,38,42)/t20?,21-,22+,25?. The molecule has 2 N–H and O–H groups in total. The normalized spacial score (nSPS) is 23.2. The van der Waals surface area contributed by atoms with Crippen LogP contribution >= 0.6 is 23.2 Å². The van der Waals surface area contributed by atoms with Crippen molar-refractivity contribution in [1.29, 1.82) is 0 Å². The van der Waals surface area contributed by atoms with Gasteiger partial charge in [0.1, 0.15) is 17.6 Å². The summed E-state index contributed by atoms with van der Waals surface area (Å²) in [6.45, 7) is 3.58. The van der Waals surface area contributed by atoms with Gasteiger partial charge in [-0.2, -0.15) is 13.2 Å². The van der Waals surface area contributed by atoms with Crippen molar-refractivity contribution in [3.8, 4) is 5.75 Å². The Balaban J connectivity index is 1.16. The van der Waals surface area contributed by atoms with Crippen molar-refractivity contribution in [2.24, 2.45) is 0 Å². The van der Waals surface area contributed by atoms with E-state index in [1.54, 1.807) is 44.2 Å². The Morgan fingerprint density at radius 2 is 1.77 bits per heavy atom. The zero-order chi connectivity index (χ0) is 31.6. The van der Waals surface area contributed by atoms with E-state index in [2.05, 4.69) is 20.5 Å². The van der Waals surface area contributed by atoms with Crippen LogP contribution < -0.4 is 20.3 Å². The molecule has 0 radical (unpaired) electrons. The third-order valence-corrected chi connectivity index (χ3v) is 9.00. The Labute approximate surface area is 264 Å². The fourth-order valence-electron chi connectivity index (χ4n) is 6.21. The number of morpholine rings is 1. The molecule has 14 heteroatoms. The van der Waals surface area contributed by atoms with Gasteiger partial charge in [0.25, 0.3) is 11.8 Å². The second-order valence-electron chi connectivity index (χ2n) is 11.9. The highest BCUT2D eigenvalue weighted by Crippen LogP contribution is 2.39. The molecule has 0 aliphatic carbocycles. The number of aromatic nitrogens is 1. The Morgan fingerprint density at radius 3 is 2.36 bits per heavy atom. The molecule has 3 saturated heterocycles. The second-order valence-corrected chi connectivity index (χ2v) is 12.8. The molecule has 3 aliphatic rings. The first-order chi connectivity index (χ1) is 20.8. The summed E-state index contributed by atoms with van der Waals surface area (Å²) >= 11 is 12.2. The van der Waals surface area contributed by atoms with Crippen LogP contribution in [-0.2, 0) is 9.53 Å². The number of anilines is 1. The predicted octanol–water partition coefficient (Wildman–Crippen LogP) is 4.85. The third kappa shape index (κ3) is 7.52. The van der Waals surface area contributed by atoms with Crippen molar-refractivity contribution >= 4 is 40.8 Å². The van der Waals surface area contributed by atoms with Gasteiger partial charge in [-0.05, 0) is 69.9 Å². The smallest absolute Gasteiger partial charge is 0.405 e. The molecule has 3 fully saturated rings. The number of nitrogens with zero attached hydrogens (tertiary/aromatic N) is 3. The number of rotatable bonds is 9. The van der Waals surface area contributed by atoms with Crippen LogP contribution in [-0.4, -0.2) is 90.5 Å². The number of carbonyl (C=O) groups excluding carboxylic acids is 2. The molecule has 2 unspecified atom stereocenters. The zero-order valence-corrected chi connectivity index (χ0v) is 26.0. The van der Waals surface area contributed by atoms with E-state index in [0.29, 0.717) is 34.5 Å². The highest BCUT2D eigenvalue weighted by atomic mass is 35.5. The molecule has 4 heterocycles. The molecule has 5 rings (SSSR count). The molecule has 1 aromatic carbocycles. The minimum Gasteiger partial charge on any atom is -0.476 e. The molecule has 0 saturated carbocycles. The number of hydrogen-bond donors (Lipinski definition) is 2. The minimum absolute atomic E-state index is 0.0575. The zero-order valence-electron chi connectivity index (χ0n) is 24.5.